The van der Waals surface area contributed by atoms with E-state index in [0.29, 0.717) is 5.71 Å². The van der Waals surface area contributed by atoms with Gasteiger partial charge < -0.3 is 19.2 Å². The lowest BCUT2D eigenvalue weighted by Crippen LogP contribution is -2.42. The number of benzene rings is 2. The highest BCUT2D eigenvalue weighted by atomic mass is 32.2. The maximum atomic E-state index is 6.30. The van der Waals surface area contributed by atoms with Gasteiger partial charge in [-0.2, -0.15) is 0 Å². The molecule has 6 heterocycles. The second-order valence-corrected chi connectivity index (χ2v) is 13.5. The van der Waals surface area contributed by atoms with E-state index >= 15 is 0 Å². The number of imidazole rings is 1. The zero-order valence-electron chi connectivity index (χ0n) is 25.7. The number of oxazole rings is 1. The van der Waals surface area contributed by atoms with Crippen molar-refractivity contribution >= 4 is 45.4 Å². The van der Waals surface area contributed by atoms with E-state index < -0.39 is 0 Å². The maximum Gasteiger partial charge on any atom is 0.246 e. The molecule has 0 saturated heterocycles. The Labute approximate surface area is 266 Å². The number of hydrogen-bond donors (Lipinski definition) is 1. The van der Waals surface area contributed by atoms with Gasteiger partial charge in [0.25, 0.3) is 0 Å². The Hall–Kier alpha value is -4.44. The molecule has 8 rings (SSSR count). The Morgan fingerprint density at radius 3 is 2.58 bits per heavy atom. The van der Waals surface area contributed by atoms with Crippen molar-refractivity contribution in [1.82, 2.24) is 29.5 Å². The smallest absolute Gasteiger partial charge is 0.246 e. The first-order valence-electron chi connectivity index (χ1n) is 15.7. The van der Waals surface area contributed by atoms with Gasteiger partial charge in [-0.15, -0.1) is 0 Å². The third-order valence-corrected chi connectivity index (χ3v) is 10.5. The monoisotopic (exact) mass is 616 g/mol. The average Bonchev–Trinajstić information content (AvgIpc) is 3.85. The quantitative estimate of drug-likeness (QED) is 0.178. The van der Waals surface area contributed by atoms with Crippen molar-refractivity contribution in [1.29, 1.82) is 0 Å². The highest BCUT2D eigenvalue weighted by molar-refractivity contribution is 7.99. The van der Waals surface area contributed by atoms with E-state index in [0.717, 1.165) is 69.8 Å². The van der Waals surface area contributed by atoms with Crippen molar-refractivity contribution in [3.63, 3.8) is 0 Å². The molecule has 0 fully saturated rings. The Balaban J connectivity index is 1.17. The van der Waals surface area contributed by atoms with Crippen LogP contribution in [-0.4, -0.2) is 48.5 Å². The molecular weight excluding hydrogens is 581 g/mol. The maximum absolute atomic E-state index is 6.30. The molecular formula is C35H36N8OS. The fraction of sp³-hybridized carbons (Fsp3) is 0.343. The normalized spacial score (nSPS) is 18.5. The number of para-hydroxylation sites is 4. The van der Waals surface area contributed by atoms with Crippen LogP contribution in [0, 0.1) is 5.92 Å². The summed E-state index contributed by atoms with van der Waals surface area (Å²) in [5, 5.41) is 4.98. The number of rotatable bonds is 9. The molecule has 5 unspecified atom stereocenters. The van der Waals surface area contributed by atoms with Crippen molar-refractivity contribution in [2.24, 2.45) is 5.92 Å². The first-order chi connectivity index (χ1) is 22.0. The van der Waals surface area contributed by atoms with Gasteiger partial charge in [0.15, 0.2) is 5.16 Å². The SMILES string of the molecule is CC(CC(CC(C(C)c1nc2cccnc2o1)C1Nc2ccccc2N1C)c1cn2c(n1)SCC2)c1cnc2ccccc2n1. The van der Waals surface area contributed by atoms with E-state index in [9.17, 15) is 0 Å². The first kappa shape index (κ1) is 28.1. The number of anilines is 2. The number of pyridine rings is 1. The van der Waals surface area contributed by atoms with Crippen LogP contribution < -0.4 is 10.2 Å². The summed E-state index contributed by atoms with van der Waals surface area (Å²) in [6, 6.07) is 20.5. The van der Waals surface area contributed by atoms with E-state index in [1.54, 1.807) is 6.20 Å². The fourth-order valence-electron chi connectivity index (χ4n) is 7.02. The zero-order valence-corrected chi connectivity index (χ0v) is 26.5. The van der Waals surface area contributed by atoms with E-state index in [2.05, 4.69) is 71.1 Å². The molecule has 2 aromatic carbocycles. The number of fused-ring (bicyclic) bond motifs is 4. The number of nitrogens with one attached hydrogen (secondary N) is 1. The van der Waals surface area contributed by atoms with Crippen LogP contribution in [-0.2, 0) is 6.54 Å². The summed E-state index contributed by atoms with van der Waals surface area (Å²) in [7, 11) is 2.18. The molecule has 0 saturated carbocycles. The van der Waals surface area contributed by atoms with Gasteiger partial charge in [0.1, 0.15) is 11.7 Å². The summed E-state index contributed by atoms with van der Waals surface area (Å²) in [5.41, 5.74) is 7.73. The topological polar surface area (TPSA) is 97.8 Å². The van der Waals surface area contributed by atoms with Gasteiger partial charge in [0.2, 0.25) is 11.6 Å². The van der Waals surface area contributed by atoms with Gasteiger partial charge in [0, 0.05) is 61.6 Å². The number of aromatic nitrogens is 6. The largest absolute Gasteiger partial charge is 0.422 e. The lowest BCUT2D eigenvalue weighted by Gasteiger charge is -2.36. The fourth-order valence-corrected chi connectivity index (χ4v) is 7.97. The van der Waals surface area contributed by atoms with Crippen LogP contribution in [0.3, 0.4) is 0 Å². The van der Waals surface area contributed by atoms with Crippen LogP contribution >= 0.6 is 11.8 Å². The highest BCUT2D eigenvalue weighted by Crippen LogP contribution is 2.45. The third-order valence-electron chi connectivity index (χ3n) is 9.53. The van der Waals surface area contributed by atoms with Crippen LogP contribution in [0.2, 0.25) is 0 Å². The summed E-state index contributed by atoms with van der Waals surface area (Å²) in [6.45, 7) is 5.51. The molecule has 0 radical (unpaired) electrons. The van der Waals surface area contributed by atoms with Crippen molar-refractivity contribution < 1.29 is 4.42 Å². The molecule has 9 nitrogen and oxygen atoms in total. The van der Waals surface area contributed by atoms with Crippen LogP contribution in [0.25, 0.3) is 22.3 Å². The summed E-state index contributed by atoms with van der Waals surface area (Å²) >= 11 is 1.84. The molecule has 0 aliphatic carbocycles. The lowest BCUT2D eigenvalue weighted by molar-refractivity contribution is 0.288. The molecule has 4 aromatic heterocycles. The van der Waals surface area contributed by atoms with Gasteiger partial charge >= 0.3 is 0 Å². The molecule has 45 heavy (non-hydrogen) atoms. The summed E-state index contributed by atoms with van der Waals surface area (Å²) < 4.78 is 8.61. The third kappa shape index (κ3) is 5.20. The number of hydrogen-bond acceptors (Lipinski definition) is 9. The Morgan fingerprint density at radius 1 is 0.911 bits per heavy atom. The van der Waals surface area contributed by atoms with Crippen LogP contribution in [0.15, 0.2) is 88.8 Å². The molecule has 6 aromatic rings. The van der Waals surface area contributed by atoms with E-state index in [1.807, 2.05) is 54.4 Å². The first-order valence-corrected chi connectivity index (χ1v) is 16.7. The van der Waals surface area contributed by atoms with E-state index in [4.69, 9.17) is 24.4 Å². The highest BCUT2D eigenvalue weighted by Gasteiger charge is 2.40. The Kier molecular flexibility index (Phi) is 7.16. The molecule has 0 spiro atoms. The molecule has 2 aliphatic rings. The molecule has 0 amide bonds. The number of aryl methyl sites for hydroxylation is 1. The molecule has 2 aliphatic heterocycles. The predicted molar refractivity (Wildman–Crippen MR) is 179 cm³/mol. The zero-order chi connectivity index (χ0) is 30.5. The number of thioether (sulfide) groups is 1. The minimum absolute atomic E-state index is 0.00978. The lowest BCUT2D eigenvalue weighted by atomic mass is 9.78. The standard InChI is InChI=1S/C35H36N8OS/c1-21(29-19-37-25-9-4-5-10-26(25)38-29)17-23(30-20-43-15-16-45-35(43)41-30)18-24(32-39-27-11-6-7-13-31(27)42(32)3)22(2)33-40-28-12-8-14-36-34(28)44-33/h4-14,19-24,32,39H,15-18H2,1-3H3. The van der Waals surface area contributed by atoms with Crippen LogP contribution in [0.4, 0.5) is 11.4 Å². The Bertz CT molecular complexity index is 1930. The molecule has 10 heteroatoms. The van der Waals surface area contributed by atoms with E-state index in [1.165, 1.54) is 5.69 Å². The van der Waals surface area contributed by atoms with Gasteiger partial charge in [-0.25, -0.2) is 19.9 Å². The summed E-state index contributed by atoms with van der Waals surface area (Å²) in [4.78, 5) is 26.7. The minimum Gasteiger partial charge on any atom is -0.422 e. The average molecular weight is 617 g/mol. The predicted octanol–water partition coefficient (Wildman–Crippen LogP) is 7.44. The van der Waals surface area contributed by atoms with Gasteiger partial charge in [0.05, 0.1) is 33.8 Å². The van der Waals surface area contributed by atoms with Gasteiger partial charge in [-0.3, -0.25) is 4.98 Å². The summed E-state index contributed by atoms with van der Waals surface area (Å²) in [5.74, 6) is 2.31. The van der Waals surface area contributed by atoms with Crippen LogP contribution in [0.5, 0.6) is 0 Å². The second-order valence-electron chi connectivity index (χ2n) is 12.4. The molecule has 228 valence electrons. The molecule has 1 N–H and O–H groups in total. The molecule has 0 bridgehead atoms. The van der Waals surface area contributed by atoms with Crippen molar-refractivity contribution in [2.45, 2.75) is 62.3 Å². The van der Waals surface area contributed by atoms with Crippen LogP contribution in [0.1, 0.15) is 61.7 Å². The van der Waals surface area contributed by atoms with Crippen molar-refractivity contribution in [3.8, 4) is 0 Å². The van der Waals surface area contributed by atoms with E-state index in [-0.39, 0.29) is 29.8 Å². The second kappa shape index (κ2) is 11.5. The van der Waals surface area contributed by atoms with Gasteiger partial charge in [-0.1, -0.05) is 49.9 Å². The minimum atomic E-state index is 0.00978. The van der Waals surface area contributed by atoms with Crippen molar-refractivity contribution in [2.75, 3.05) is 23.0 Å². The number of nitrogens with zero attached hydrogens (tertiary/aromatic N) is 7. The summed E-state index contributed by atoms with van der Waals surface area (Å²) in [6.07, 6.45) is 7.81. The van der Waals surface area contributed by atoms with Gasteiger partial charge in [-0.05, 0) is 49.2 Å². The Morgan fingerprint density at radius 2 is 1.73 bits per heavy atom. The van der Waals surface area contributed by atoms with Crippen molar-refractivity contribution in [3.05, 3.63) is 96.5 Å². The molecule has 5 atom stereocenters.